The van der Waals surface area contributed by atoms with E-state index in [1.165, 1.54) is 24.3 Å². The first kappa shape index (κ1) is 25.5. The van der Waals surface area contributed by atoms with E-state index in [0.717, 1.165) is 5.56 Å². The first-order chi connectivity index (χ1) is 16.0. The summed E-state index contributed by atoms with van der Waals surface area (Å²) in [6, 6.07) is 16.8. The maximum Gasteiger partial charge on any atom is 0.340 e. The van der Waals surface area contributed by atoms with Crippen LogP contribution in [0.4, 0.5) is 9.18 Å². The number of urea groups is 1. The second kappa shape index (κ2) is 10.9. The number of aryl methyl sites for hydroxylation is 1. The molecule has 34 heavy (non-hydrogen) atoms. The van der Waals surface area contributed by atoms with Gasteiger partial charge in [0.2, 0.25) is 0 Å². The molecular weight excluding hydrogens is 479 g/mol. The number of rotatable bonds is 8. The molecule has 0 unspecified atom stereocenters. The Morgan fingerprint density at radius 2 is 1.68 bits per heavy atom. The summed E-state index contributed by atoms with van der Waals surface area (Å²) in [4.78, 5) is 14.3. The number of halogens is 2. The van der Waals surface area contributed by atoms with E-state index in [2.05, 4.69) is 5.32 Å². The molecule has 2 amide bonds. The van der Waals surface area contributed by atoms with Crippen LogP contribution in [0, 0.1) is 12.7 Å². The molecule has 3 aromatic rings. The van der Waals surface area contributed by atoms with E-state index in [0.29, 0.717) is 11.1 Å². The van der Waals surface area contributed by atoms with Crippen LogP contribution in [0.2, 0.25) is 5.02 Å². The minimum Gasteiger partial charge on any atom is -0.379 e. The fourth-order valence-corrected chi connectivity index (χ4v) is 5.08. The van der Waals surface area contributed by atoms with Gasteiger partial charge in [0.25, 0.3) is 0 Å². The monoisotopic (exact) mass is 504 g/mol. The van der Waals surface area contributed by atoms with E-state index in [-0.39, 0.29) is 46.6 Å². The highest BCUT2D eigenvalue weighted by Crippen LogP contribution is 2.28. The molecule has 3 rings (SSSR count). The van der Waals surface area contributed by atoms with Crippen LogP contribution >= 0.6 is 11.6 Å². The summed E-state index contributed by atoms with van der Waals surface area (Å²) in [5.74, 6) is -0.260. The standard InChI is InChI=1S/C25H26ClFN2O4S/c1-17(2)28-25(30)29(15-19-10-12-21(27)13-11-19)16-20-7-5-8-22(14-20)33-34(31,32)24-18(3)6-4-9-23(24)26/h4-14,17H,15-16H2,1-3H3,(H,28,30). The Labute approximate surface area is 204 Å². The molecule has 0 aromatic heterocycles. The van der Waals surface area contributed by atoms with Crippen LogP contribution in [0.15, 0.2) is 71.6 Å². The van der Waals surface area contributed by atoms with Gasteiger partial charge in [-0.3, -0.25) is 0 Å². The fourth-order valence-electron chi connectivity index (χ4n) is 3.37. The topological polar surface area (TPSA) is 75.7 Å². The average Bonchev–Trinajstić information content (AvgIpc) is 2.74. The number of amides is 2. The van der Waals surface area contributed by atoms with Crippen molar-refractivity contribution in [2.75, 3.05) is 0 Å². The maximum atomic E-state index is 13.3. The molecule has 0 bridgehead atoms. The van der Waals surface area contributed by atoms with Crippen molar-refractivity contribution in [3.8, 4) is 5.75 Å². The van der Waals surface area contributed by atoms with Crippen LogP contribution in [-0.2, 0) is 23.2 Å². The number of nitrogens with one attached hydrogen (secondary N) is 1. The summed E-state index contributed by atoms with van der Waals surface area (Å²) in [5.41, 5.74) is 1.88. The van der Waals surface area contributed by atoms with Crippen LogP contribution in [0.1, 0.15) is 30.5 Å². The van der Waals surface area contributed by atoms with Crippen molar-refractivity contribution in [3.63, 3.8) is 0 Å². The van der Waals surface area contributed by atoms with Gasteiger partial charge in [-0.05, 0) is 67.8 Å². The van der Waals surface area contributed by atoms with Crippen molar-refractivity contribution in [2.45, 2.75) is 44.8 Å². The molecule has 3 aromatic carbocycles. The fraction of sp³-hybridized carbons (Fsp3) is 0.240. The van der Waals surface area contributed by atoms with Crippen molar-refractivity contribution >= 4 is 27.8 Å². The molecule has 0 saturated heterocycles. The number of carbonyl (C=O) groups is 1. The number of nitrogens with zero attached hydrogens (tertiary/aromatic N) is 1. The van der Waals surface area contributed by atoms with Gasteiger partial charge in [0.15, 0.2) is 0 Å². The van der Waals surface area contributed by atoms with Crippen LogP contribution in [-0.4, -0.2) is 25.4 Å². The van der Waals surface area contributed by atoms with Gasteiger partial charge < -0.3 is 14.4 Å². The lowest BCUT2D eigenvalue weighted by Gasteiger charge is -2.25. The van der Waals surface area contributed by atoms with Crippen molar-refractivity contribution in [3.05, 3.63) is 94.3 Å². The molecule has 0 radical (unpaired) electrons. The molecule has 0 fully saturated rings. The van der Waals surface area contributed by atoms with E-state index < -0.39 is 10.1 Å². The highest BCUT2D eigenvalue weighted by molar-refractivity contribution is 7.87. The summed E-state index contributed by atoms with van der Waals surface area (Å²) >= 11 is 6.11. The van der Waals surface area contributed by atoms with Gasteiger partial charge in [0, 0.05) is 19.1 Å². The molecular formula is C25H26ClFN2O4S. The molecule has 1 N–H and O–H groups in total. The lowest BCUT2D eigenvalue weighted by atomic mass is 10.1. The first-order valence-electron chi connectivity index (χ1n) is 10.6. The molecule has 0 aliphatic rings. The van der Waals surface area contributed by atoms with Gasteiger partial charge >= 0.3 is 16.1 Å². The summed E-state index contributed by atoms with van der Waals surface area (Å²) in [6.45, 7) is 5.76. The SMILES string of the molecule is Cc1cccc(Cl)c1S(=O)(=O)Oc1cccc(CN(Cc2ccc(F)cc2)C(=O)NC(C)C)c1. The summed E-state index contributed by atoms with van der Waals surface area (Å²) in [5, 5.41) is 2.93. The molecule has 180 valence electrons. The Morgan fingerprint density at radius 3 is 2.32 bits per heavy atom. The van der Waals surface area contributed by atoms with Crippen LogP contribution in [0.5, 0.6) is 5.75 Å². The highest BCUT2D eigenvalue weighted by Gasteiger charge is 2.23. The third-order valence-electron chi connectivity index (χ3n) is 4.88. The van der Waals surface area contributed by atoms with Gasteiger partial charge in [-0.2, -0.15) is 8.42 Å². The van der Waals surface area contributed by atoms with E-state index >= 15 is 0 Å². The summed E-state index contributed by atoms with van der Waals surface area (Å²) in [7, 11) is -4.17. The predicted molar refractivity (Wildman–Crippen MR) is 130 cm³/mol. The third kappa shape index (κ3) is 6.71. The Morgan fingerprint density at radius 1 is 1.03 bits per heavy atom. The largest absolute Gasteiger partial charge is 0.379 e. The van der Waals surface area contributed by atoms with Crippen molar-refractivity contribution in [1.82, 2.24) is 10.2 Å². The zero-order chi connectivity index (χ0) is 24.9. The Balaban J connectivity index is 1.84. The van der Waals surface area contributed by atoms with Crippen molar-refractivity contribution in [1.29, 1.82) is 0 Å². The third-order valence-corrected chi connectivity index (χ3v) is 6.76. The van der Waals surface area contributed by atoms with Crippen LogP contribution < -0.4 is 9.50 Å². The summed E-state index contributed by atoms with van der Waals surface area (Å²) in [6.07, 6.45) is 0. The molecule has 9 heteroatoms. The lowest BCUT2D eigenvalue weighted by molar-refractivity contribution is 0.189. The Kier molecular flexibility index (Phi) is 8.17. The molecule has 0 aliphatic carbocycles. The molecule has 0 saturated carbocycles. The highest BCUT2D eigenvalue weighted by atomic mass is 35.5. The number of carbonyl (C=O) groups excluding carboxylic acids is 1. The van der Waals surface area contributed by atoms with Gasteiger partial charge in [-0.15, -0.1) is 0 Å². The minimum absolute atomic E-state index is 0.0759. The molecule has 0 spiro atoms. The minimum atomic E-state index is -4.17. The van der Waals surface area contributed by atoms with Gasteiger partial charge in [-0.1, -0.05) is 48.0 Å². The second-order valence-corrected chi connectivity index (χ2v) is 10.0. The maximum absolute atomic E-state index is 13.3. The number of hydrogen-bond acceptors (Lipinski definition) is 4. The zero-order valence-corrected chi connectivity index (χ0v) is 20.7. The zero-order valence-electron chi connectivity index (χ0n) is 19.1. The molecule has 0 heterocycles. The normalized spacial score (nSPS) is 11.4. The van der Waals surface area contributed by atoms with E-state index in [9.17, 15) is 17.6 Å². The summed E-state index contributed by atoms with van der Waals surface area (Å²) < 4.78 is 44.4. The first-order valence-corrected chi connectivity index (χ1v) is 12.4. The molecule has 0 aliphatic heterocycles. The smallest absolute Gasteiger partial charge is 0.340 e. The predicted octanol–water partition coefficient (Wildman–Crippen LogP) is 5.68. The van der Waals surface area contributed by atoms with E-state index in [1.807, 2.05) is 13.8 Å². The van der Waals surface area contributed by atoms with Crippen LogP contribution in [0.25, 0.3) is 0 Å². The second-order valence-electron chi connectivity index (χ2n) is 8.16. The quantitative estimate of drug-likeness (QED) is 0.401. The molecule has 6 nitrogen and oxygen atoms in total. The van der Waals surface area contributed by atoms with E-state index in [4.69, 9.17) is 15.8 Å². The van der Waals surface area contributed by atoms with E-state index in [1.54, 1.807) is 54.3 Å². The number of hydrogen-bond donors (Lipinski definition) is 1. The molecule has 0 atom stereocenters. The van der Waals surface area contributed by atoms with Gasteiger partial charge in [0.1, 0.15) is 16.5 Å². The van der Waals surface area contributed by atoms with Crippen molar-refractivity contribution in [2.24, 2.45) is 0 Å². The Bertz CT molecular complexity index is 1240. The van der Waals surface area contributed by atoms with Gasteiger partial charge in [-0.25, -0.2) is 9.18 Å². The lowest BCUT2D eigenvalue weighted by Crippen LogP contribution is -2.42. The average molecular weight is 505 g/mol. The van der Waals surface area contributed by atoms with Crippen molar-refractivity contribution < 1.29 is 21.8 Å². The van der Waals surface area contributed by atoms with Gasteiger partial charge in [0.05, 0.1) is 5.02 Å². The number of benzene rings is 3. The Hall–Kier alpha value is -3.10. The van der Waals surface area contributed by atoms with Crippen LogP contribution in [0.3, 0.4) is 0 Å².